The molecule has 0 radical (unpaired) electrons. The Hall–Kier alpha value is -3.38. The first-order chi connectivity index (χ1) is 15.4. The van der Waals surface area contributed by atoms with Gasteiger partial charge < -0.3 is 19.6 Å². The lowest BCUT2D eigenvalue weighted by Gasteiger charge is -2.19. The van der Waals surface area contributed by atoms with E-state index in [0.717, 1.165) is 4.85 Å². The third kappa shape index (κ3) is 4.32. The van der Waals surface area contributed by atoms with Crippen LogP contribution < -0.4 is 19.6 Å². The molecule has 0 fully saturated rings. The maximum atomic E-state index is 12.8. The van der Waals surface area contributed by atoms with Gasteiger partial charge in [0.25, 0.3) is 5.91 Å². The second-order valence-electron chi connectivity index (χ2n) is 6.88. The monoisotopic (exact) mass is 461 g/mol. The Morgan fingerprint density at radius 1 is 1.12 bits per heavy atom. The number of rotatable bonds is 8. The quantitative estimate of drug-likeness (QED) is 0.532. The molecule has 32 heavy (non-hydrogen) atoms. The van der Waals surface area contributed by atoms with Crippen molar-refractivity contribution in [2.45, 2.75) is 18.7 Å². The van der Waals surface area contributed by atoms with E-state index in [-0.39, 0.29) is 11.5 Å². The molecule has 1 aliphatic heterocycles. The van der Waals surface area contributed by atoms with Crippen LogP contribution in [-0.2, 0) is 14.8 Å². The van der Waals surface area contributed by atoms with Crippen LogP contribution in [0.15, 0.2) is 41.3 Å². The van der Waals surface area contributed by atoms with Crippen molar-refractivity contribution in [1.29, 1.82) is 0 Å². The number of nitrogens with one attached hydrogen (secondary N) is 1. The number of ether oxygens (including phenoxy) is 2. The Kier molecular flexibility index (Phi) is 6.15. The van der Waals surface area contributed by atoms with Crippen LogP contribution in [0.2, 0.25) is 0 Å². The van der Waals surface area contributed by atoms with E-state index >= 15 is 0 Å². The molecule has 11 nitrogen and oxygen atoms in total. The number of hydrogen-bond donors (Lipinski definition) is 1. The van der Waals surface area contributed by atoms with Crippen LogP contribution in [0.25, 0.3) is 11.0 Å². The van der Waals surface area contributed by atoms with Gasteiger partial charge in [-0.3, -0.25) is 4.79 Å². The number of fused-ring (bicyclic) bond motifs is 2. The van der Waals surface area contributed by atoms with Gasteiger partial charge in [-0.15, -0.1) is 5.10 Å². The lowest BCUT2D eigenvalue weighted by atomic mass is 10.2. The van der Waals surface area contributed by atoms with Gasteiger partial charge in [0, 0.05) is 24.8 Å². The summed E-state index contributed by atoms with van der Waals surface area (Å²) in [6.07, 6.45) is 0. The van der Waals surface area contributed by atoms with Crippen molar-refractivity contribution in [3.8, 4) is 11.5 Å². The van der Waals surface area contributed by atoms with Gasteiger partial charge in [0.2, 0.25) is 10.0 Å². The molecule has 3 aromatic rings. The first-order valence-corrected chi connectivity index (χ1v) is 11.5. The summed E-state index contributed by atoms with van der Waals surface area (Å²) in [5.41, 5.74) is 1.31. The zero-order valence-electron chi connectivity index (χ0n) is 17.6. The molecule has 2 aromatic carbocycles. The fraction of sp³-hybridized carbons (Fsp3) is 0.350. The molecule has 170 valence electrons. The van der Waals surface area contributed by atoms with Crippen LogP contribution in [0.4, 0.5) is 5.69 Å². The van der Waals surface area contributed by atoms with E-state index in [2.05, 4.69) is 15.6 Å². The summed E-state index contributed by atoms with van der Waals surface area (Å²) >= 11 is 0. The third-order valence-corrected chi connectivity index (χ3v) is 6.92. The van der Waals surface area contributed by atoms with Gasteiger partial charge in [-0.05, 0) is 35.5 Å². The summed E-state index contributed by atoms with van der Waals surface area (Å²) in [4.78, 5) is 18.9. The number of sulfonamides is 1. The van der Waals surface area contributed by atoms with Crippen molar-refractivity contribution in [3.63, 3.8) is 0 Å². The zero-order chi connectivity index (χ0) is 22.7. The number of carbonyl (C=O) groups is 1. The molecule has 0 spiro atoms. The summed E-state index contributed by atoms with van der Waals surface area (Å²) in [7, 11) is -3.66. The molecule has 1 aromatic heterocycles. The maximum Gasteiger partial charge on any atom is 0.265 e. The summed E-state index contributed by atoms with van der Waals surface area (Å²) in [5, 5.41) is 10.5. The second-order valence-corrected chi connectivity index (χ2v) is 8.82. The number of carbonyl (C=O) groups excluding carboxylic acids is 1. The minimum absolute atomic E-state index is 0.0987. The fourth-order valence-corrected chi connectivity index (χ4v) is 4.76. The number of anilines is 1. The summed E-state index contributed by atoms with van der Waals surface area (Å²) < 4.78 is 37.9. The molecule has 0 bridgehead atoms. The minimum Gasteiger partial charge on any atom is -0.486 e. The number of nitrogens with zero attached hydrogens (tertiary/aromatic N) is 4. The number of aromatic nitrogens is 3. The Morgan fingerprint density at radius 3 is 2.62 bits per heavy atom. The maximum absolute atomic E-state index is 12.8. The standard InChI is InChI=1S/C20H23N5O6S/c1-3-24(4-2)32(27,28)15-6-7-16-17(12-15)25(23-22-16)31-13-20(26)21-14-5-8-18-19(11-14)30-10-9-29-18/h5-8,11-12H,3-4,9-10,13H2,1-2H3,(H,21,26). The first-order valence-electron chi connectivity index (χ1n) is 10.1. The second kappa shape index (κ2) is 9.01. The van der Waals surface area contributed by atoms with Crippen molar-refractivity contribution in [3.05, 3.63) is 36.4 Å². The molecule has 0 saturated carbocycles. The number of amides is 1. The van der Waals surface area contributed by atoms with Gasteiger partial charge in [-0.2, -0.15) is 4.31 Å². The molecule has 0 atom stereocenters. The lowest BCUT2D eigenvalue weighted by molar-refractivity contribution is -0.121. The smallest absolute Gasteiger partial charge is 0.265 e. The van der Waals surface area contributed by atoms with E-state index in [1.54, 1.807) is 38.1 Å². The molecule has 4 rings (SSSR count). The Bertz CT molecular complexity index is 1240. The summed E-state index contributed by atoms with van der Waals surface area (Å²) in [6, 6.07) is 9.54. The first kappa shape index (κ1) is 21.8. The lowest BCUT2D eigenvalue weighted by Crippen LogP contribution is -2.30. The van der Waals surface area contributed by atoms with Crippen molar-refractivity contribution in [2.75, 3.05) is 38.2 Å². The predicted molar refractivity (Wildman–Crippen MR) is 115 cm³/mol. The van der Waals surface area contributed by atoms with Gasteiger partial charge in [-0.25, -0.2) is 8.42 Å². The van der Waals surface area contributed by atoms with Crippen molar-refractivity contribution in [1.82, 2.24) is 19.5 Å². The van der Waals surface area contributed by atoms with Crippen molar-refractivity contribution >= 4 is 32.7 Å². The average Bonchev–Trinajstić information content (AvgIpc) is 3.20. The molecule has 0 saturated heterocycles. The van der Waals surface area contributed by atoms with E-state index in [1.165, 1.54) is 16.4 Å². The molecule has 12 heteroatoms. The third-order valence-electron chi connectivity index (χ3n) is 4.87. The van der Waals surface area contributed by atoms with Gasteiger partial charge in [0.05, 0.1) is 4.90 Å². The predicted octanol–water partition coefficient (Wildman–Crippen LogP) is 1.30. The largest absolute Gasteiger partial charge is 0.486 e. The number of hydrogen-bond acceptors (Lipinski definition) is 8. The highest BCUT2D eigenvalue weighted by molar-refractivity contribution is 7.89. The molecule has 1 aliphatic rings. The van der Waals surface area contributed by atoms with E-state index in [0.29, 0.717) is 54.5 Å². The van der Waals surface area contributed by atoms with Crippen LogP contribution in [0.1, 0.15) is 13.8 Å². The minimum atomic E-state index is -3.66. The fourth-order valence-electron chi connectivity index (χ4n) is 3.28. The highest BCUT2D eigenvalue weighted by Crippen LogP contribution is 2.32. The topological polar surface area (TPSA) is 125 Å². The average molecular weight is 462 g/mol. The van der Waals surface area contributed by atoms with Gasteiger partial charge >= 0.3 is 0 Å². The molecule has 1 N–H and O–H groups in total. The SMILES string of the molecule is CCN(CC)S(=O)(=O)c1ccc2nnn(OCC(=O)Nc3ccc4c(c3)OCCO4)c2c1. The van der Waals surface area contributed by atoms with E-state index in [9.17, 15) is 13.2 Å². The van der Waals surface area contributed by atoms with Gasteiger partial charge in [0.1, 0.15) is 24.2 Å². The van der Waals surface area contributed by atoms with Crippen LogP contribution in [0.5, 0.6) is 11.5 Å². The van der Waals surface area contributed by atoms with Gasteiger partial charge in [-0.1, -0.05) is 18.7 Å². The normalized spacial score (nSPS) is 13.3. The molecule has 0 aliphatic carbocycles. The Labute approximate surface area is 184 Å². The number of benzene rings is 2. The Morgan fingerprint density at radius 2 is 1.88 bits per heavy atom. The van der Waals surface area contributed by atoms with Crippen molar-refractivity contribution in [2.24, 2.45) is 0 Å². The van der Waals surface area contributed by atoms with Crippen LogP contribution in [0.3, 0.4) is 0 Å². The zero-order valence-corrected chi connectivity index (χ0v) is 18.5. The summed E-state index contributed by atoms with van der Waals surface area (Å²) in [6.45, 7) is 4.81. The molecule has 0 unspecified atom stereocenters. The Balaban J connectivity index is 1.47. The van der Waals surface area contributed by atoms with E-state index < -0.39 is 15.9 Å². The molecule has 2 heterocycles. The van der Waals surface area contributed by atoms with Crippen molar-refractivity contribution < 1.29 is 27.5 Å². The molecular formula is C20H23N5O6S. The van der Waals surface area contributed by atoms with E-state index in [4.69, 9.17) is 14.3 Å². The highest BCUT2D eigenvalue weighted by Gasteiger charge is 2.23. The van der Waals surface area contributed by atoms with Crippen LogP contribution in [0, 0.1) is 0 Å². The van der Waals surface area contributed by atoms with Crippen LogP contribution >= 0.6 is 0 Å². The van der Waals surface area contributed by atoms with Crippen LogP contribution in [-0.4, -0.2) is 66.7 Å². The highest BCUT2D eigenvalue weighted by atomic mass is 32.2. The summed E-state index contributed by atoms with van der Waals surface area (Å²) in [5.74, 6) is 0.742. The van der Waals surface area contributed by atoms with E-state index in [1.807, 2.05) is 0 Å². The molecule has 1 amide bonds. The van der Waals surface area contributed by atoms with Gasteiger partial charge in [0.15, 0.2) is 18.1 Å². The molecular weight excluding hydrogens is 438 g/mol.